The van der Waals surface area contributed by atoms with Gasteiger partial charge in [-0.2, -0.15) is 0 Å². The summed E-state index contributed by atoms with van der Waals surface area (Å²) in [7, 11) is -2.52. The highest BCUT2D eigenvalue weighted by Crippen LogP contribution is 2.54. The molecule has 22 heavy (non-hydrogen) atoms. The zero-order valence-corrected chi connectivity index (χ0v) is 16.6. The van der Waals surface area contributed by atoms with Crippen LogP contribution in [0.5, 0.6) is 0 Å². The van der Waals surface area contributed by atoms with Gasteiger partial charge in [-0.05, 0) is 12.8 Å². The number of allylic oxidation sites excluding steroid dienone is 1. The van der Waals surface area contributed by atoms with Crippen molar-refractivity contribution in [1.82, 2.24) is 9.34 Å². The Morgan fingerprint density at radius 3 is 1.64 bits per heavy atom. The van der Waals surface area contributed by atoms with Crippen LogP contribution in [0.3, 0.4) is 0 Å². The molecule has 0 bridgehead atoms. The molecule has 0 fully saturated rings. The highest BCUT2D eigenvalue weighted by Gasteiger charge is 2.30. The fourth-order valence-corrected chi connectivity index (χ4v) is 5.66. The first-order chi connectivity index (χ1) is 10.6. The van der Waals surface area contributed by atoms with E-state index in [0.717, 1.165) is 32.6 Å². The van der Waals surface area contributed by atoms with Crippen LogP contribution in [0.4, 0.5) is 0 Å². The fraction of sp³-hybridized carbons (Fsp3) is 0.889. The van der Waals surface area contributed by atoms with E-state index in [4.69, 9.17) is 0 Å². The maximum absolute atomic E-state index is 13.5. The second kappa shape index (κ2) is 13.3. The minimum absolute atomic E-state index is 0.839. The van der Waals surface area contributed by atoms with E-state index in [-0.39, 0.29) is 0 Å². The van der Waals surface area contributed by atoms with E-state index < -0.39 is 7.44 Å². The zero-order valence-electron chi connectivity index (χ0n) is 15.7. The predicted octanol–water partition coefficient (Wildman–Crippen LogP) is 6.13. The molecule has 0 saturated heterocycles. The summed E-state index contributed by atoms with van der Waals surface area (Å²) in [6, 6.07) is 0. The Balaban J connectivity index is 4.52. The Morgan fingerprint density at radius 2 is 1.18 bits per heavy atom. The van der Waals surface area contributed by atoms with Gasteiger partial charge in [-0.1, -0.05) is 72.8 Å². The lowest BCUT2D eigenvalue weighted by Gasteiger charge is -2.35. The smallest absolute Gasteiger partial charge is 0.238 e. The maximum Gasteiger partial charge on any atom is 0.238 e. The van der Waals surface area contributed by atoms with Gasteiger partial charge in [-0.15, -0.1) is 0 Å². The molecule has 0 unspecified atom stereocenters. The van der Waals surface area contributed by atoms with Crippen LogP contribution in [0.1, 0.15) is 79.6 Å². The van der Waals surface area contributed by atoms with Gasteiger partial charge in [0, 0.05) is 32.0 Å². The minimum atomic E-state index is -2.52. The third kappa shape index (κ3) is 7.44. The Morgan fingerprint density at radius 1 is 0.727 bits per heavy atom. The van der Waals surface area contributed by atoms with Crippen molar-refractivity contribution >= 4 is 7.44 Å². The molecule has 0 rings (SSSR count). The quantitative estimate of drug-likeness (QED) is 0.283. The number of hydrogen-bond donors (Lipinski definition) is 0. The molecular formula is C18H39N2OP. The van der Waals surface area contributed by atoms with Crippen LogP contribution in [0.2, 0.25) is 0 Å². The lowest BCUT2D eigenvalue weighted by atomic mass is 10.1. The van der Waals surface area contributed by atoms with Gasteiger partial charge in [0.2, 0.25) is 7.44 Å². The van der Waals surface area contributed by atoms with Crippen LogP contribution >= 0.6 is 7.44 Å². The van der Waals surface area contributed by atoms with Gasteiger partial charge in [-0.25, -0.2) is 9.34 Å². The molecule has 0 aromatic carbocycles. The Labute approximate surface area is 139 Å². The molecule has 0 aliphatic heterocycles. The summed E-state index contributed by atoms with van der Waals surface area (Å²) in [6.45, 7) is 14.0. The van der Waals surface area contributed by atoms with Crippen LogP contribution < -0.4 is 0 Å². The summed E-state index contributed by atoms with van der Waals surface area (Å²) in [4.78, 5) is 0. The Hall–Kier alpha value is -0.110. The third-order valence-electron chi connectivity index (χ3n) is 4.29. The van der Waals surface area contributed by atoms with Crippen LogP contribution in [0.25, 0.3) is 0 Å². The van der Waals surface area contributed by atoms with Crippen molar-refractivity contribution < 1.29 is 4.57 Å². The van der Waals surface area contributed by atoms with Crippen LogP contribution in [0.15, 0.2) is 11.9 Å². The van der Waals surface area contributed by atoms with Gasteiger partial charge in [0.15, 0.2) is 0 Å². The molecule has 0 spiro atoms. The summed E-state index contributed by atoms with van der Waals surface area (Å²) in [6.07, 6.45) is 11.1. The van der Waals surface area contributed by atoms with Gasteiger partial charge in [0.25, 0.3) is 0 Å². The summed E-state index contributed by atoms with van der Waals surface area (Å²) in [5.74, 6) is 2.01. The molecule has 0 aliphatic rings. The molecule has 0 amide bonds. The fourth-order valence-electron chi connectivity index (χ4n) is 2.88. The second-order valence-corrected chi connectivity index (χ2v) is 8.42. The lowest BCUT2D eigenvalue weighted by Crippen LogP contribution is -2.30. The summed E-state index contributed by atoms with van der Waals surface area (Å²) >= 11 is 0. The molecule has 0 atom stereocenters. The first kappa shape index (κ1) is 21.9. The SMILES string of the molecule is CCCCCCCCC=CP(=O)(N(CC)CC)N(CC)CC. The first-order valence-electron chi connectivity index (χ1n) is 9.38. The highest BCUT2D eigenvalue weighted by atomic mass is 31.2. The Kier molecular flexibility index (Phi) is 13.3. The van der Waals surface area contributed by atoms with Crippen molar-refractivity contribution in [1.29, 1.82) is 0 Å². The topological polar surface area (TPSA) is 23.6 Å². The van der Waals surface area contributed by atoms with Gasteiger partial charge in [0.1, 0.15) is 0 Å². The molecule has 0 saturated carbocycles. The van der Waals surface area contributed by atoms with Gasteiger partial charge in [-0.3, -0.25) is 4.57 Å². The summed E-state index contributed by atoms with van der Waals surface area (Å²) < 4.78 is 17.7. The predicted molar refractivity (Wildman–Crippen MR) is 101 cm³/mol. The maximum atomic E-state index is 13.5. The zero-order chi connectivity index (χ0) is 16.8. The lowest BCUT2D eigenvalue weighted by molar-refractivity contribution is 0.368. The van der Waals surface area contributed by atoms with Gasteiger partial charge in [0.05, 0.1) is 0 Å². The van der Waals surface area contributed by atoms with Crippen molar-refractivity contribution in [3.63, 3.8) is 0 Å². The normalized spacial score (nSPS) is 12.9. The third-order valence-corrected chi connectivity index (χ3v) is 7.65. The van der Waals surface area contributed by atoms with Crippen molar-refractivity contribution in [3.8, 4) is 0 Å². The average molecular weight is 330 g/mol. The molecule has 0 aromatic heterocycles. The van der Waals surface area contributed by atoms with Crippen molar-refractivity contribution in [2.45, 2.75) is 79.6 Å². The molecule has 0 heterocycles. The van der Waals surface area contributed by atoms with Crippen molar-refractivity contribution in [2.75, 3.05) is 26.2 Å². The van der Waals surface area contributed by atoms with Crippen LogP contribution in [-0.4, -0.2) is 35.5 Å². The monoisotopic (exact) mass is 330 g/mol. The number of hydrogen-bond acceptors (Lipinski definition) is 1. The molecular weight excluding hydrogens is 291 g/mol. The molecule has 0 aliphatic carbocycles. The standard InChI is InChI=1S/C18H39N2OP/c1-6-11-12-13-14-15-16-17-18-22(21,19(7-2)8-3)20(9-4)10-5/h17-18H,6-16H2,1-5H3. The minimum Gasteiger partial charge on any atom is -0.284 e. The average Bonchev–Trinajstić information content (AvgIpc) is 2.52. The number of rotatable bonds is 14. The van der Waals surface area contributed by atoms with Crippen LogP contribution in [-0.2, 0) is 4.57 Å². The van der Waals surface area contributed by atoms with E-state index >= 15 is 0 Å². The molecule has 0 radical (unpaired) electrons. The van der Waals surface area contributed by atoms with E-state index in [9.17, 15) is 4.57 Å². The van der Waals surface area contributed by atoms with Gasteiger partial charge < -0.3 is 0 Å². The number of nitrogens with zero attached hydrogens (tertiary/aromatic N) is 2. The van der Waals surface area contributed by atoms with E-state index in [2.05, 4.69) is 50.0 Å². The van der Waals surface area contributed by atoms with E-state index in [1.807, 2.05) is 5.82 Å². The molecule has 132 valence electrons. The van der Waals surface area contributed by atoms with Gasteiger partial charge >= 0.3 is 0 Å². The van der Waals surface area contributed by atoms with E-state index in [0.29, 0.717) is 0 Å². The largest absolute Gasteiger partial charge is 0.284 e. The van der Waals surface area contributed by atoms with Crippen LogP contribution in [0, 0.1) is 0 Å². The van der Waals surface area contributed by atoms with E-state index in [1.54, 1.807) is 0 Å². The molecule has 3 nitrogen and oxygen atoms in total. The first-order valence-corrected chi connectivity index (χ1v) is 11.1. The summed E-state index contributed by atoms with van der Waals surface area (Å²) in [5, 5.41) is 0. The molecule has 0 N–H and O–H groups in total. The van der Waals surface area contributed by atoms with Crippen molar-refractivity contribution in [3.05, 3.63) is 11.9 Å². The molecule has 0 aromatic rings. The highest BCUT2D eigenvalue weighted by molar-refractivity contribution is 7.62. The number of unbranched alkanes of at least 4 members (excludes halogenated alkanes) is 6. The van der Waals surface area contributed by atoms with E-state index in [1.165, 1.54) is 38.5 Å². The Bertz CT molecular complexity index is 307. The van der Waals surface area contributed by atoms with Crippen molar-refractivity contribution in [2.24, 2.45) is 0 Å². The summed E-state index contributed by atoms with van der Waals surface area (Å²) in [5.41, 5.74) is 0. The molecule has 4 heteroatoms. The second-order valence-electron chi connectivity index (χ2n) is 5.81.